The molecule has 0 spiro atoms. The van der Waals surface area contributed by atoms with E-state index in [0.717, 1.165) is 69.7 Å². The van der Waals surface area contributed by atoms with E-state index in [2.05, 4.69) is 16.3 Å². The fourth-order valence-corrected chi connectivity index (χ4v) is 4.89. The Kier molecular flexibility index (Phi) is 9.57. The summed E-state index contributed by atoms with van der Waals surface area (Å²) in [6, 6.07) is 4.93. The molecule has 2 fully saturated rings. The Bertz CT molecular complexity index is 838. The predicted octanol–water partition coefficient (Wildman–Crippen LogP) is 5.12. The molecule has 0 unspecified atom stereocenters. The van der Waals surface area contributed by atoms with Crippen molar-refractivity contribution in [3.63, 3.8) is 0 Å². The fraction of sp³-hybridized carbons (Fsp3) is 0.680. The van der Waals surface area contributed by atoms with Gasteiger partial charge in [-0.1, -0.05) is 0 Å². The van der Waals surface area contributed by atoms with Crippen LogP contribution in [0.1, 0.15) is 63.4 Å². The lowest BCUT2D eigenvalue weighted by Gasteiger charge is -2.37. The fourth-order valence-electron chi connectivity index (χ4n) is 4.89. The summed E-state index contributed by atoms with van der Waals surface area (Å²) in [6.45, 7) is 3.34. The number of carbonyl (C=O) groups excluding carboxylic acids is 1. The zero-order valence-electron chi connectivity index (χ0n) is 19.5. The number of nitrogens with one attached hydrogen (secondary N) is 1. The van der Waals surface area contributed by atoms with Gasteiger partial charge < -0.3 is 10.2 Å². The number of anilines is 1. The minimum atomic E-state index is -4.48. The summed E-state index contributed by atoms with van der Waals surface area (Å²) in [4.78, 5) is 16.0. The molecule has 3 rings (SSSR count). The Balaban J connectivity index is 1.34. The lowest BCUT2D eigenvalue weighted by molar-refractivity contribution is -0.137. The lowest BCUT2D eigenvalue weighted by Crippen LogP contribution is -2.47. The van der Waals surface area contributed by atoms with E-state index in [9.17, 15) is 22.4 Å². The number of alkyl halides is 3. The van der Waals surface area contributed by atoms with Gasteiger partial charge in [0.1, 0.15) is 5.82 Å². The Morgan fingerprint density at radius 2 is 1.79 bits per heavy atom. The molecule has 2 aliphatic rings. The minimum Gasteiger partial charge on any atom is -0.367 e. The van der Waals surface area contributed by atoms with Crippen molar-refractivity contribution in [1.29, 1.82) is 5.26 Å². The van der Waals surface area contributed by atoms with Crippen LogP contribution in [0.3, 0.4) is 0 Å². The number of hydrogen-bond acceptors (Lipinski definition) is 4. The van der Waals surface area contributed by atoms with Gasteiger partial charge in [0.25, 0.3) is 0 Å². The maximum Gasteiger partial charge on any atom is 0.416 e. The van der Waals surface area contributed by atoms with Crippen molar-refractivity contribution in [1.82, 2.24) is 10.2 Å². The SMILES string of the molecule is N#CCCCCC(=O)N[C@H]1CC[C@H](CCN2CCN(c3cc(C(F)(F)F)ccc3F)CC2)CC1. The number of unbranched alkanes of at least 4 members (excludes halogenated alkanes) is 2. The summed E-state index contributed by atoms with van der Waals surface area (Å²) >= 11 is 0. The van der Waals surface area contributed by atoms with Gasteiger partial charge in [-0.15, -0.1) is 0 Å². The van der Waals surface area contributed by atoms with Crippen LogP contribution in [0.25, 0.3) is 0 Å². The molecule has 1 saturated heterocycles. The summed E-state index contributed by atoms with van der Waals surface area (Å²) < 4.78 is 53.1. The van der Waals surface area contributed by atoms with Crippen molar-refractivity contribution in [2.45, 2.75) is 70.0 Å². The maximum absolute atomic E-state index is 14.2. The van der Waals surface area contributed by atoms with E-state index in [1.165, 1.54) is 0 Å². The van der Waals surface area contributed by atoms with Crippen LogP contribution < -0.4 is 10.2 Å². The molecule has 0 bridgehead atoms. The summed E-state index contributed by atoms with van der Waals surface area (Å²) in [6.07, 6.45) is 3.20. The predicted molar refractivity (Wildman–Crippen MR) is 123 cm³/mol. The van der Waals surface area contributed by atoms with Gasteiger partial charge in [0.2, 0.25) is 5.91 Å². The highest BCUT2D eigenvalue weighted by atomic mass is 19.4. The summed E-state index contributed by atoms with van der Waals surface area (Å²) in [5.74, 6) is 0.0756. The van der Waals surface area contributed by atoms with Crippen molar-refractivity contribution in [2.75, 3.05) is 37.6 Å². The minimum absolute atomic E-state index is 0.0277. The van der Waals surface area contributed by atoms with E-state index in [0.29, 0.717) is 44.9 Å². The molecule has 1 amide bonds. The first kappa shape index (κ1) is 26.3. The first-order valence-corrected chi connectivity index (χ1v) is 12.3. The number of piperazine rings is 1. The van der Waals surface area contributed by atoms with E-state index in [4.69, 9.17) is 5.26 Å². The van der Waals surface area contributed by atoms with Crippen LogP contribution >= 0.6 is 0 Å². The zero-order valence-corrected chi connectivity index (χ0v) is 19.5. The normalized spacial score (nSPS) is 21.8. The smallest absolute Gasteiger partial charge is 0.367 e. The highest BCUT2D eigenvalue weighted by Gasteiger charge is 2.32. The number of carbonyl (C=O) groups is 1. The second-order valence-corrected chi connectivity index (χ2v) is 9.43. The largest absolute Gasteiger partial charge is 0.416 e. The molecule has 0 atom stereocenters. The van der Waals surface area contributed by atoms with Gasteiger partial charge in [0.05, 0.1) is 17.3 Å². The first-order chi connectivity index (χ1) is 16.3. The van der Waals surface area contributed by atoms with Gasteiger partial charge in [-0.25, -0.2) is 4.39 Å². The van der Waals surface area contributed by atoms with Crippen LogP contribution in [0.2, 0.25) is 0 Å². The lowest BCUT2D eigenvalue weighted by atomic mass is 9.84. The molecule has 5 nitrogen and oxygen atoms in total. The molecule has 1 saturated carbocycles. The highest BCUT2D eigenvalue weighted by Crippen LogP contribution is 2.33. The van der Waals surface area contributed by atoms with Gasteiger partial charge in [0, 0.05) is 45.1 Å². The molecule has 1 N–H and O–H groups in total. The summed E-state index contributed by atoms with van der Waals surface area (Å²) in [7, 11) is 0. The number of nitrogens with zero attached hydrogens (tertiary/aromatic N) is 3. The Hall–Kier alpha value is -2.34. The third kappa shape index (κ3) is 7.86. The van der Waals surface area contributed by atoms with Crippen molar-refractivity contribution in [3.05, 3.63) is 29.6 Å². The maximum atomic E-state index is 14.2. The van der Waals surface area contributed by atoms with Crippen LogP contribution in [0.15, 0.2) is 18.2 Å². The number of rotatable bonds is 9. The Morgan fingerprint density at radius 1 is 1.09 bits per heavy atom. The summed E-state index contributed by atoms with van der Waals surface area (Å²) in [5, 5.41) is 11.7. The number of hydrogen-bond donors (Lipinski definition) is 1. The highest BCUT2D eigenvalue weighted by molar-refractivity contribution is 5.76. The average molecular weight is 483 g/mol. The third-order valence-corrected chi connectivity index (χ3v) is 6.99. The first-order valence-electron chi connectivity index (χ1n) is 12.3. The molecule has 9 heteroatoms. The Morgan fingerprint density at radius 3 is 2.44 bits per heavy atom. The van der Waals surface area contributed by atoms with E-state index in [1.807, 2.05) is 0 Å². The van der Waals surface area contributed by atoms with Crippen LogP contribution in [-0.2, 0) is 11.0 Å². The second-order valence-electron chi connectivity index (χ2n) is 9.43. The second kappa shape index (κ2) is 12.4. The standard InChI is InChI=1S/C25H34F4N4O/c26-22-10-7-20(25(27,28)29)18-23(22)33-16-14-32(15-17-33)13-11-19-5-8-21(9-6-19)31-24(34)4-2-1-3-12-30/h7,10,18-19,21H,1-6,8-9,11,13-17H2,(H,31,34)/t19-,21-. The quantitative estimate of drug-likeness (QED) is 0.392. The molecule has 188 valence electrons. The molecular formula is C25H34F4N4O. The monoisotopic (exact) mass is 482 g/mol. The number of halogens is 4. The van der Waals surface area contributed by atoms with Gasteiger partial charge in [-0.3, -0.25) is 9.69 Å². The van der Waals surface area contributed by atoms with Gasteiger partial charge in [-0.05, 0) is 75.6 Å². The van der Waals surface area contributed by atoms with Crippen LogP contribution in [0.4, 0.5) is 23.2 Å². The van der Waals surface area contributed by atoms with Crippen LogP contribution in [-0.4, -0.2) is 49.6 Å². The van der Waals surface area contributed by atoms with Crippen molar-refractivity contribution in [2.24, 2.45) is 5.92 Å². The zero-order chi connectivity index (χ0) is 24.6. The van der Waals surface area contributed by atoms with E-state index in [1.54, 1.807) is 4.90 Å². The summed E-state index contributed by atoms with van der Waals surface area (Å²) in [5.41, 5.74) is -0.794. The topological polar surface area (TPSA) is 59.4 Å². The van der Waals surface area contributed by atoms with Gasteiger partial charge in [0.15, 0.2) is 0 Å². The van der Waals surface area contributed by atoms with E-state index < -0.39 is 17.6 Å². The number of amides is 1. The molecule has 1 heterocycles. The van der Waals surface area contributed by atoms with Crippen molar-refractivity contribution in [3.8, 4) is 6.07 Å². The van der Waals surface area contributed by atoms with Crippen LogP contribution in [0.5, 0.6) is 0 Å². The number of benzene rings is 1. The molecule has 34 heavy (non-hydrogen) atoms. The average Bonchev–Trinajstić information content (AvgIpc) is 2.81. The van der Waals surface area contributed by atoms with E-state index in [-0.39, 0.29) is 17.6 Å². The third-order valence-electron chi connectivity index (χ3n) is 6.99. The Labute approximate surface area is 199 Å². The van der Waals surface area contributed by atoms with Crippen molar-refractivity contribution < 1.29 is 22.4 Å². The molecule has 1 aromatic rings. The van der Waals surface area contributed by atoms with Gasteiger partial charge >= 0.3 is 6.18 Å². The number of nitriles is 1. The molecule has 1 aromatic carbocycles. The van der Waals surface area contributed by atoms with Crippen LogP contribution in [0, 0.1) is 23.1 Å². The molecule has 1 aliphatic heterocycles. The molecule has 0 aromatic heterocycles. The molecule has 1 aliphatic carbocycles. The molecular weight excluding hydrogens is 448 g/mol. The van der Waals surface area contributed by atoms with Crippen molar-refractivity contribution >= 4 is 11.6 Å². The molecule has 0 radical (unpaired) electrons. The van der Waals surface area contributed by atoms with E-state index >= 15 is 0 Å². The van der Waals surface area contributed by atoms with Gasteiger partial charge in [-0.2, -0.15) is 18.4 Å².